The molecule has 0 radical (unpaired) electrons. The summed E-state index contributed by atoms with van der Waals surface area (Å²) in [4.78, 5) is 26.9. The van der Waals surface area contributed by atoms with Gasteiger partial charge in [-0.2, -0.15) is 0 Å². The highest BCUT2D eigenvalue weighted by Crippen LogP contribution is 2.22. The zero-order chi connectivity index (χ0) is 18.7. The minimum absolute atomic E-state index is 0.0615. The number of amides is 2. The number of hydrogen-bond acceptors (Lipinski definition) is 2. The van der Waals surface area contributed by atoms with Crippen LogP contribution in [0, 0.1) is 25.6 Å². The Hall–Kier alpha value is -2.69. The fourth-order valence-electron chi connectivity index (χ4n) is 3.34. The number of hydrogen-bond donors (Lipinski definition) is 1. The van der Waals surface area contributed by atoms with E-state index in [1.165, 1.54) is 24.3 Å². The van der Waals surface area contributed by atoms with Crippen LogP contribution in [0.2, 0.25) is 0 Å². The Kier molecular flexibility index (Phi) is 5.35. The Morgan fingerprint density at radius 1 is 1.12 bits per heavy atom. The molecule has 0 unspecified atom stereocenters. The molecule has 1 saturated heterocycles. The molecule has 0 aliphatic carbocycles. The molecule has 0 aromatic heterocycles. The zero-order valence-corrected chi connectivity index (χ0v) is 15.1. The van der Waals surface area contributed by atoms with Gasteiger partial charge in [0, 0.05) is 24.3 Å². The van der Waals surface area contributed by atoms with E-state index in [2.05, 4.69) is 5.32 Å². The van der Waals surface area contributed by atoms with Crippen molar-refractivity contribution in [2.24, 2.45) is 5.92 Å². The molecule has 0 saturated carbocycles. The van der Waals surface area contributed by atoms with Gasteiger partial charge >= 0.3 is 0 Å². The van der Waals surface area contributed by atoms with Crippen LogP contribution in [0.4, 0.5) is 10.1 Å². The maximum absolute atomic E-state index is 13.0. The van der Waals surface area contributed by atoms with Gasteiger partial charge in [0.15, 0.2) is 0 Å². The van der Waals surface area contributed by atoms with Crippen molar-refractivity contribution in [2.75, 3.05) is 18.4 Å². The summed E-state index contributed by atoms with van der Waals surface area (Å²) in [6, 6.07) is 11.4. The zero-order valence-electron chi connectivity index (χ0n) is 15.1. The SMILES string of the molecule is Cc1ccc(NC(=O)[C@H]2CCCN(C(=O)c3ccc(F)cc3)C2)c(C)c1. The number of likely N-dealkylation sites (tertiary alicyclic amines) is 1. The van der Waals surface area contributed by atoms with Gasteiger partial charge in [0.1, 0.15) is 5.82 Å². The van der Waals surface area contributed by atoms with E-state index >= 15 is 0 Å². The molecule has 1 aliphatic rings. The maximum atomic E-state index is 13.0. The average Bonchev–Trinajstić information content (AvgIpc) is 2.64. The maximum Gasteiger partial charge on any atom is 0.253 e. The Labute approximate surface area is 153 Å². The van der Waals surface area contributed by atoms with Crippen LogP contribution < -0.4 is 5.32 Å². The molecule has 1 aliphatic heterocycles. The smallest absolute Gasteiger partial charge is 0.253 e. The molecular weight excluding hydrogens is 331 g/mol. The number of benzene rings is 2. The van der Waals surface area contributed by atoms with Gasteiger partial charge in [0.25, 0.3) is 5.91 Å². The molecule has 4 nitrogen and oxygen atoms in total. The van der Waals surface area contributed by atoms with Gasteiger partial charge in [-0.25, -0.2) is 4.39 Å². The molecule has 1 heterocycles. The van der Waals surface area contributed by atoms with Crippen molar-refractivity contribution in [1.29, 1.82) is 0 Å². The molecule has 2 aromatic carbocycles. The van der Waals surface area contributed by atoms with Crippen molar-refractivity contribution in [3.8, 4) is 0 Å². The fraction of sp³-hybridized carbons (Fsp3) is 0.333. The van der Waals surface area contributed by atoms with E-state index in [1.54, 1.807) is 4.90 Å². The highest BCUT2D eigenvalue weighted by molar-refractivity contribution is 5.96. The van der Waals surface area contributed by atoms with Crippen molar-refractivity contribution in [3.05, 3.63) is 65.0 Å². The number of nitrogens with zero attached hydrogens (tertiary/aromatic N) is 1. The molecule has 5 heteroatoms. The van der Waals surface area contributed by atoms with Crippen LogP contribution in [0.3, 0.4) is 0 Å². The lowest BCUT2D eigenvalue weighted by atomic mass is 9.96. The number of halogens is 1. The van der Waals surface area contributed by atoms with Crippen LogP contribution >= 0.6 is 0 Å². The summed E-state index contributed by atoms with van der Waals surface area (Å²) in [7, 11) is 0. The lowest BCUT2D eigenvalue weighted by Crippen LogP contribution is -2.43. The Morgan fingerprint density at radius 3 is 2.54 bits per heavy atom. The van der Waals surface area contributed by atoms with Gasteiger partial charge in [-0.15, -0.1) is 0 Å². The highest BCUT2D eigenvalue weighted by Gasteiger charge is 2.29. The largest absolute Gasteiger partial charge is 0.338 e. The van der Waals surface area contributed by atoms with Crippen molar-refractivity contribution >= 4 is 17.5 Å². The number of nitrogens with one attached hydrogen (secondary N) is 1. The molecule has 136 valence electrons. The number of carbonyl (C=O) groups excluding carboxylic acids is 2. The van der Waals surface area contributed by atoms with Crippen LogP contribution in [0.25, 0.3) is 0 Å². The van der Waals surface area contributed by atoms with Gasteiger partial charge in [0.05, 0.1) is 5.92 Å². The van der Waals surface area contributed by atoms with Gasteiger partial charge in [-0.3, -0.25) is 9.59 Å². The lowest BCUT2D eigenvalue weighted by molar-refractivity contribution is -0.121. The standard InChI is InChI=1S/C21H23FN2O2/c1-14-5-10-19(15(2)12-14)23-20(25)17-4-3-11-24(13-17)21(26)16-6-8-18(22)9-7-16/h5-10,12,17H,3-4,11,13H2,1-2H3,(H,23,25)/t17-/m0/s1. The number of anilines is 1. The summed E-state index contributed by atoms with van der Waals surface area (Å²) in [5.41, 5.74) is 3.42. The summed E-state index contributed by atoms with van der Waals surface area (Å²) in [6.45, 7) is 4.98. The predicted octanol–water partition coefficient (Wildman–Crippen LogP) is 3.93. The van der Waals surface area contributed by atoms with E-state index in [-0.39, 0.29) is 23.5 Å². The molecule has 0 bridgehead atoms. The number of aryl methyl sites for hydroxylation is 2. The van der Waals surface area contributed by atoms with Gasteiger partial charge in [0.2, 0.25) is 5.91 Å². The number of rotatable bonds is 3. The van der Waals surface area contributed by atoms with E-state index in [0.717, 1.165) is 29.7 Å². The first-order valence-electron chi connectivity index (χ1n) is 8.87. The third-order valence-corrected chi connectivity index (χ3v) is 4.81. The first-order chi connectivity index (χ1) is 12.4. The van der Waals surface area contributed by atoms with Crippen LogP contribution in [0.5, 0.6) is 0 Å². The van der Waals surface area contributed by atoms with Crippen molar-refractivity contribution < 1.29 is 14.0 Å². The van der Waals surface area contributed by atoms with Crippen molar-refractivity contribution in [3.63, 3.8) is 0 Å². The average molecular weight is 354 g/mol. The van der Waals surface area contributed by atoms with Crippen molar-refractivity contribution in [1.82, 2.24) is 4.90 Å². The first kappa shape index (κ1) is 18.1. The Bertz CT molecular complexity index is 817. The van der Waals surface area contributed by atoms with Crippen LogP contribution in [-0.2, 0) is 4.79 Å². The molecule has 2 amide bonds. The van der Waals surface area contributed by atoms with E-state index in [4.69, 9.17) is 0 Å². The third kappa shape index (κ3) is 4.10. The van der Waals surface area contributed by atoms with E-state index < -0.39 is 0 Å². The van der Waals surface area contributed by atoms with Gasteiger partial charge < -0.3 is 10.2 Å². The molecule has 1 N–H and O–H groups in total. The predicted molar refractivity (Wildman–Crippen MR) is 99.6 cm³/mol. The van der Waals surface area contributed by atoms with Crippen LogP contribution in [-0.4, -0.2) is 29.8 Å². The second-order valence-electron chi connectivity index (χ2n) is 6.90. The molecule has 3 rings (SSSR count). The summed E-state index contributed by atoms with van der Waals surface area (Å²) < 4.78 is 13.0. The Balaban J connectivity index is 1.66. The summed E-state index contributed by atoms with van der Waals surface area (Å²) in [6.07, 6.45) is 1.53. The monoisotopic (exact) mass is 354 g/mol. The van der Waals surface area contributed by atoms with Crippen LogP contribution in [0.15, 0.2) is 42.5 Å². The van der Waals surface area contributed by atoms with Crippen molar-refractivity contribution in [2.45, 2.75) is 26.7 Å². The second kappa shape index (κ2) is 7.68. The van der Waals surface area contributed by atoms with Gasteiger partial charge in [-0.1, -0.05) is 17.7 Å². The summed E-state index contributed by atoms with van der Waals surface area (Å²) >= 11 is 0. The van der Waals surface area contributed by atoms with E-state index in [1.807, 2.05) is 32.0 Å². The third-order valence-electron chi connectivity index (χ3n) is 4.81. The molecular formula is C21H23FN2O2. The summed E-state index contributed by atoms with van der Waals surface area (Å²) in [5.74, 6) is -0.831. The number of carbonyl (C=O) groups is 2. The minimum atomic E-state index is -0.370. The summed E-state index contributed by atoms with van der Waals surface area (Å²) in [5, 5.41) is 2.99. The molecule has 1 fully saturated rings. The van der Waals surface area contributed by atoms with Crippen LogP contribution in [0.1, 0.15) is 34.3 Å². The number of piperidine rings is 1. The fourth-order valence-corrected chi connectivity index (χ4v) is 3.34. The van der Waals surface area contributed by atoms with E-state index in [9.17, 15) is 14.0 Å². The van der Waals surface area contributed by atoms with Gasteiger partial charge in [-0.05, 0) is 62.6 Å². The first-order valence-corrected chi connectivity index (χ1v) is 8.87. The molecule has 26 heavy (non-hydrogen) atoms. The molecule has 0 spiro atoms. The topological polar surface area (TPSA) is 49.4 Å². The molecule has 2 aromatic rings. The second-order valence-corrected chi connectivity index (χ2v) is 6.90. The highest BCUT2D eigenvalue weighted by atomic mass is 19.1. The normalized spacial score (nSPS) is 17.0. The quantitative estimate of drug-likeness (QED) is 0.908. The lowest BCUT2D eigenvalue weighted by Gasteiger charge is -2.32. The minimum Gasteiger partial charge on any atom is -0.338 e. The molecule has 1 atom stereocenters. The van der Waals surface area contributed by atoms with E-state index in [0.29, 0.717) is 18.7 Å². The Morgan fingerprint density at radius 2 is 1.85 bits per heavy atom.